The first-order valence-electron chi connectivity index (χ1n) is 3.98. The zero-order valence-electron chi connectivity index (χ0n) is 6.71. The zero-order chi connectivity index (χ0) is 7.19. The largest absolute Gasteiger partial charge is 0.545 e. The number of aliphatic hydroxyl groups is 1. The van der Waals surface area contributed by atoms with Gasteiger partial charge < -0.3 is 9.84 Å². The third kappa shape index (κ3) is 1.31. The smallest absolute Gasteiger partial charge is 0.0587 e. The van der Waals surface area contributed by atoms with E-state index in [1.54, 1.807) is 0 Å². The summed E-state index contributed by atoms with van der Waals surface area (Å²) in [4.78, 5) is 0. The van der Waals surface area contributed by atoms with E-state index in [0.29, 0.717) is 5.92 Å². The number of rotatable bonds is 1. The van der Waals surface area contributed by atoms with Gasteiger partial charge in [-0.1, -0.05) is 13.3 Å². The van der Waals surface area contributed by atoms with Crippen LogP contribution in [-0.2, 0) is 4.74 Å². The third-order valence-corrected chi connectivity index (χ3v) is 2.92. The summed E-state index contributed by atoms with van der Waals surface area (Å²) >= 11 is 0. The summed E-state index contributed by atoms with van der Waals surface area (Å²) < 4.78 is 5.43. The molecule has 0 amide bonds. The van der Waals surface area contributed by atoms with Crippen LogP contribution < -0.4 is 0 Å². The van der Waals surface area contributed by atoms with Crippen molar-refractivity contribution in [2.24, 2.45) is 5.92 Å². The molecule has 0 aromatic rings. The maximum Gasteiger partial charge on any atom is 0.0587 e. The van der Waals surface area contributed by atoms with E-state index in [2.05, 4.69) is 6.92 Å². The number of hydrogen-bond donors (Lipinski definition) is 1. The standard InChI is InChI=1S/C8H13O2.U/c1-2-8-4-3-6(5-10-8)7(8)9;/h5-7,9H,2-4H2,1H3;/q-1;/t6-,7-,8-;/m0./s1. The Morgan fingerprint density at radius 1 is 1.73 bits per heavy atom. The summed E-state index contributed by atoms with van der Waals surface area (Å²) in [7, 11) is 0. The van der Waals surface area contributed by atoms with Gasteiger partial charge >= 0.3 is 0 Å². The molecule has 2 aliphatic rings. The van der Waals surface area contributed by atoms with Crippen molar-refractivity contribution in [1.82, 2.24) is 0 Å². The molecule has 2 bridgehead atoms. The number of fused-ring (bicyclic) bond motifs is 2. The maximum absolute atomic E-state index is 9.62. The van der Waals surface area contributed by atoms with Gasteiger partial charge in [0, 0.05) is 31.1 Å². The van der Waals surface area contributed by atoms with Crippen LogP contribution in [0.3, 0.4) is 0 Å². The molecular formula is C8H13O2U-. The fourth-order valence-electron chi connectivity index (χ4n) is 2.07. The van der Waals surface area contributed by atoms with E-state index in [1.165, 1.54) is 0 Å². The third-order valence-electron chi connectivity index (χ3n) is 2.92. The van der Waals surface area contributed by atoms with Crippen LogP contribution in [0.2, 0.25) is 0 Å². The van der Waals surface area contributed by atoms with Crippen molar-refractivity contribution < 1.29 is 41.0 Å². The van der Waals surface area contributed by atoms with E-state index in [9.17, 15) is 5.11 Å². The second-order valence-electron chi connectivity index (χ2n) is 3.32. The fraction of sp³-hybridized carbons (Fsp3) is 0.875. The molecule has 0 aromatic carbocycles. The SMILES string of the molecule is CC[C@@]12CC[C@@H]([CH-]O1)[C@@H]2O.[U]. The first-order valence-corrected chi connectivity index (χ1v) is 3.98. The van der Waals surface area contributed by atoms with Crippen molar-refractivity contribution in [2.75, 3.05) is 0 Å². The predicted octanol–water partition coefficient (Wildman–Crippen LogP) is 1.10. The molecule has 3 atom stereocenters. The van der Waals surface area contributed by atoms with E-state index in [1.807, 2.05) is 6.61 Å². The molecule has 0 radical (unpaired) electrons. The Bertz CT molecular complexity index is 141. The number of aliphatic hydroxyl groups excluding tert-OH is 1. The molecule has 11 heavy (non-hydrogen) atoms. The molecule has 2 fully saturated rings. The van der Waals surface area contributed by atoms with Crippen LogP contribution in [-0.4, -0.2) is 16.8 Å². The molecule has 1 heterocycles. The molecular weight excluding hydrogens is 366 g/mol. The van der Waals surface area contributed by atoms with Crippen LogP contribution in [0, 0.1) is 43.6 Å². The van der Waals surface area contributed by atoms with Crippen LogP contribution in [0.1, 0.15) is 26.2 Å². The van der Waals surface area contributed by atoms with Crippen molar-refractivity contribution in [1.29, 1.82) is 0 Å². The molecule has 2 nitrogen and oxygen atoms in total. The Morgan fingerprint density at radius 3 is 2.64 bits per heavy atom. The molecule has 1 N–H and O–H groups in total. The molecule has 0 unspecified atom stereocenters. The van der Waals surface area contributed by atoms with Gasteiger partial charge in [-0.3, -0.25) is 0 Å². The summed E-state index contributed by atoms with van der Waals surface area (Å²) in [6.07, 6.45) is 2.85. The number of ether oxygens (including phenoxy) is 1. The van der Waals surface area contributed by atoms with Crippen LogP contribution in [0.4, 0.5) is 0 Å². The van der Waals surface area contributed by atoms with E-state index in [4.69, 9.17) is 4.74 Å². The van der Waals surface area contributed by atoms with Crippen molar-refractivity contribution in [3.63, 3.8) is 0 Å². The van der Waals surface area contributed by atoms with E-state index in [-0.39, 0.29) is 42.8 Å². The van der Waals surface area contributed by atoms with Gasteiger partial charge in [0.1, 0.15) is 0 Å². The Hall–Kier alpha value is 0.972. The Kier molecular flexibility index (Phi) is 3.09. The normalized spacial score (nSPS) is 47.5. The molecule has 3 heteroatoms. The molecule has 0 aromatic heterocycles. The molecule has 62 valence electrons. The van der Waals surface area contributed by atoms with Gasteiger partial charge in [-0.05, 0) is 12.8 Å². The van der Waals surface area contributed by atoms with Gasteiger partial charge in [0.05, 0.1) is 11.7 Å². The van der Waals surface area contributed by atoms with E-state index < -0.39 is 0 Å². The fourth-order valence-corrected chi connectivity index (χ4v) is 2.07. The predicted molar refractivity (Wildman–Crippen MR) is 37.1 cm³/mol. The first-order chi connectivity index (χ1) is 4.78. The Morgan fingerprint density at radius 2 is 2.45 bits per heavy atom. The second kappa shape index (κ2) is 3.38. The van der Waals surface area contributed by atoms with Crippen molar-refractivity contribution in [2.45, 2.75) is 37.9 Å². The maximum atomic E-state index is 9.62. The van der Waals surface area contributed by atoms with Crippen LogP contribution in [0.25, 0.3) is 0 Å². The summed E-state index contributed by atoms with van der Waals surface area (Å²) in [6.45, 7) is 3.89. The minimum absolute atomic E-state index is 0. The quantitative estimate of drug-likeness (QED) is 0.692. The molecule has 2 rings (SSSR count). The average Bonchev–Trinajstić information content (AvgIpc) is 2.46. The molecule has 1 aliphatic carbocycles. The van der Waals surface area contributed by atoms with Gasteiger partial charge in [-0.2, -0.15) is 0 Å². The van der Waals surface area contributed by atoms with Gasteiger partial charge in [0.25, 0.3) is 0 Å². The van der Waals surface area contributed by atoms with Gasteiger partial charge in [-0.15, -0.1) is 5.92 Å². The van der Waals surface area contributed by atoms with Crippen molar-refractivity contribution in [3.8, 4) is 0 Å². The van der Waals surface area contributed by atoms with Crippen molar-refractivity contribution in [3.05, 3.63) is 6.61 Å². The van der Waals surface area contributed by atoms with Gasteiger partial charge in [0.2, 0.25) is 0 Å². The molecule has 1 saturated heterocycles. The topological polar surface area (TPSA) is 29.5 Å². The summed E-state index contributed by atoms with van der Waals surface area (Å²) in [5.41, 5.74) is -0.190. The molecule has 0 spiro atoms. The summed E-state index contributed by atoms with van der Waals surface area (Å²) in [6, 6.07) is 0. The Labute approximate surface area is 91.1 Å². The minimum Gasteiger partial charge on any atom is -0.545 e. The minimum atomic E-state index is -0.225. The molecule has 1 aliphatic heterocycles. The van der Waals surface area contributed by atoms with E-state index in [0.717, 1.165) is 19.3 Å². The van der Waals surface area contributed by atoms with E-state index >= 15 is 0 Å². The average molecular weight is 379 g/mol. The second-order valence-corrected chi connectivity index (χ2v) is 3.32. The zero-order valence-corrected chi connectivity index (χ0v) is 10.9. The van der Waals surface area contributed by atoms with Crippen LogP contribution >= 0.6 is 0 Å². The van der Waals surface area contributed by atoms with Crippen LogP contribution in [0.5, 0.6) is 0 Å². The van der Waals surface area contributed by atoms with Gasteiger partial charge in [0.15, 0.2) is 0 Å². The summed E-state index contributed by atoms with van der Waals surface area (Å²) in [5, 5.41) is 9.62. The van der Waals surface area contributed by atoms with Crippen LogP contribution in [0.15, 0.2) is 0 Å². The van der Waals surface area contributed by atoms with Crippen molar-refractivity contribution >= 4 is 0 Å². The number of hydrogen-bond acceptors (Lipinski definition) is 2. The Balaban J connectivity index is 0.000000605. The molecule has 1 saturated carbocycles. The van der Waals surface area contributed by atoms with Gasteiger partial charge in [-0.25, -0.2) is 6.61 Å². The first kappa shape index (κ1) is 10.1. The summed E-state index contributed by atoms with van der Waals surface area (Å²) in [5.74, 6) is 0.319. The monoisotopic (exact) mass is 379 g/mol.